The minimum Gasteiger partial charge on any atom is -0.482 e. The Labute approximate surface area is 239 Å². The van der Waals surface area contributed by atoms with Crippen LogP contribution in [-0.4, -0.2) is 136 Å². The molecular weight excluding hydrogens is 569 g/mol. The van der Waals surface area contributed by atoms with Gasteiger partial charge in [-0.1, -0.05) is 23.2 Å². The van der Waals surface area contributed by atoms with Crippen LogP contribution in [0.15, 0.2) is 12.1 Å². The Balaban J connectivity index is 1.29. The second-order valence-corrected chi connectivity index (χ2v) is 13.3. The molecule has 0 saturated carbocycles. The summed E-state index contributed by atoms with van der Waals surface area (Å²) < 4.78 is 39.0. The molecule has 3 saturated heterocycles. The average molecular weight is 605 g/mol. The van der Waals surface area contributed by atoms with Crippen molar-refractivity contribution in [3.63, 3.8) is 0 Å². The molecule has 0 radical (unpaired) electrons. The number of likely N-dealkylation sites (tertiary alicyclic amines) is 1. The maximum Gasteiger partial charge on any atom is 0.265 e. The first-order chi connectivity index (χ1) is 18.7. The molecule has 4 aliphatic rings. The van der Waals surface area contributed by atoms with Gasteiger partial charge in [-0.3, -0.25) is 19.4 Å². The van der Waals surface area contributed by atoms with E-state index in [9.17, 15) is 18.0 Å². The molecule has 14 heteroatoms. The SMILES string of the molecule is O=C1COc2cc(Cl)c(Cl)cc2N1CC(=O)N1CCN(S(=O)(=O)CCN2CCOCC2)CC1CN1CCCC1. The maximum absolute atomic E-state index is 13.7. The maximum atomic E-state index is 13.7. The summed E-state index contributed by atoms with van der Waals surface area (Å²) in [5.74, 6) is -0.159. The largest absolute Gasteiger partial charge is 0.482 e. The molecule has 2 amide bonds. The van der Waals surface area contributed by atoms with Crippen molar-refractivity contribution in [1.29, 1.82) is 0 Å². The van der Waals surface area contributed by atoms with Gasteiger partial charge < -0.3 is 19.3 Å². The lowest BCUT2D eigenvalue weighted by atomic mass is 10.1. The molecule has 1 aromatic carbocycles. The highest BCUT2D eigenvalue weighted by Gasteiger charge is 2.38. The van der Waals surface area contributed by atoms with E-state index in [4.69, 9.17) is 32.7 Å². The van der Waals surface area contributed by atoms with Crippen LogP contribution in [0.2, 0.25) is 10.0 Å². The van der Waals surface area contributed by atoms with Gasteiger partial charge in [-0.15, -0.1) is 0 Å². The van der Waals surface area contributed by atoms with Crippen LogP contribution < -0.4 is 9.64 Å². The molecule has 216 valence electrons. The van der Waals surface area contributed by atoms with Gasteiger partial charge in [0.05, 0.1) is 40.7 Å². The van der Waals surface area contributed by atoms with E-state index in [1.165, 1.54) is 15.3 Å². The second-order valence-electron chi connectivity index (χ2n) is 10.4. The number of ether oxygens (including phenoxy) is 2. The van der Waals surface area contributed by atoms with E-state index in [1.807, 2.05) is 0 Å². The van der Waals surface area contributed by atoms with Crippen molar-refractivity contribution in [1.82, 2.24) is 19.0 Å². The minimum absolute atomic E-state index is 0.0414. The Morgan fingerprint density at radius 2 is 1.69 bits per heavy atom. The number of nitrogens with zero attached hydrogens (tertiary/aromatic N) is 5. The number of carbonyl (C=O) groups is 2. The van der Waals surface area contributed by atoms with E-state index in [0.717, 1.165) is 39.0 Å². The number of hydrogen-bond donors (Lipinski definition) is 0. The lowest BCUT2D eigenvalue weighted by Gasteiger charge is -2.43. The zero-order valence-corrected chi connectivity index (χ0v) is 24.2. The van der Waals surface area contributed by atoms with Crippen molar-refractivity contribution in [2.75, 3.05) is 95.9 Å². The topological polar surface area (TPSA) is 103 Å². The van der Waals surface area contributed by atoms with Crippen LogP contribution in [0.5, 0.6) is 5.75 Å². The van der Waals surface area contributed by atoms with Gasteiger partial charge in [0, 0.05) is 51.9 Å². The first-order valence-corrected chi connectivity index (χ1v) is 15.8. The third-order valence-electron chi connectivity index (χ3n) is 7.83. The van der Waals surface area contributed by atoms with E-state index in [-0.39, 0.29) is 61.4 Å². The van der Waals surface area contributed by atoms with E-state index < -0.39 is 10.0 Å². The number of benzene rings is 1. The zero-order valence-electron chi connectivity index (χ0n) is 21.9. The summed E-state index contributed by atoms with van der Waals surface area (Å²) >= 11 is 12.3. The third-order valence-corrected chi connectivity index (χ3v) is 10.4. The van der Waals surface area contributed by atoms with Crippen molar-refractivity contribution in [2.45, 2.75) is 18.9 Å². The van der Waals surface area contributed by atoms with E-state index in [1.54, 1.807) is 11.0 Å². The quantitative estimate of drug-likeness (QED) is 0.433. The van der Waals surface area contributed by atoms with Crippen LogP contribution in [0, 0.1) is 0 Å². The number of hydrogen-bond acceptors (Lipinski definition) is 8. The van der Waals surface area contributed by atoms with Crippen LogP contribution in [0.3, 0.4) is 0 Å². The predicted molar refractivity (Wildman–Crippen MR) is 148 cm³/mol. The van der Waals surface area contributed by atoms with Crippen molar-refractivity contribution >= 4 is 50.7 Å². The molecule has 5 rings (SSSR count). The zero-order chi connectivity index (χ0) is 27.6. The van der Waals surface area contributed by atoms with Crippen LogP contribution in [0.25, 0.3) is 0 Å². The standard InChI is InChI=1S/C25H35Cl2N5O6S/c26-20-13-22-23(14-21(20)27)38-18-25(34)32(22)17-24(33)31-6-5-30(16-19(31)15-29-3-1-2-4-29)39(35,36)12-9-28-7-10-37-11-8-28/h13-14,19H,1-12,15-18H2. The Kier molecular flexibility index (Phi) is 9.21. The van der Waals surface area contributed by atoms with Crippen molar-refractivity contribution in [3.05, 3.63) is 22.2 Å². The Bertz CT molecular complexity index is 1180. The average Bonchev–Trinajstić information content (AvgIpc) is 3.44. The summed E-state index contributed by atoms with van der Waals surface area (Å²) in [6.45, 7) is 5.95. The number of halogens is 2. The number of morpholine rings is 1. The third kappa shape index (κ3) is 6.80. The highest BCUT2D eigenvalue weighted by Crippen LogP contribution is 2.38. The molecule has 4 aliphatic heterocycles. The van der Waals surface area contributed by atoms with Crippen LogP contribution in [-0.2, 0) is 24.3 Å². The predicted octanol–water partition coefficient (Wildman–Crippen LogP) is 0.989. The fourth-order valence-electron chi connectivity index (χ4n) is 5.62. The van der Waals surface area contributed by atoms with Crippen LogP contribution in [0.4, 0.5) is 5.69 Å². The summed E-state index contributed by atoms with van der Waals surface area (Å²) in [7, 11) is -3.50. The van der Waals surface area contributed by atoms with Crippen LogP contribution in [0.1, 0.15) is 12.8 Å². The molecule has 3 fully saturated rings. The Morgan fingerprint density at radius 1 is 0.974 bits per heavy atom. The molecule has 11 nitrogen and oxygen atoms in total. The number of rotatable bonds is 8. The molecule has 1 aromatic rings. The number of fused-ring (bicyclic) bond motifs is 1. The smallest absolute Gasteiger partial charge is 0.265 e. The van der Waals surface area contributed by atoms with Gasteiger partial charge in [-0.2, -0.15) is 4.31 Å². The normalized spacial score (nSPS) is 23.6. The molecule has 0 N–H and O–H groups in total. The lowest BCUT2D eigenvalue weighted by molar-refractivity contribution is -0.135. The molecule has 4 heterocycles. The van der Waals surface area contributed by atoms with Crippen LogP contribution >= 0.6 is 23.2 Å². The molecule has 1 unspecified atom stereocenters. The van der Waals surface area contributed by atoms with Gasteiger partial charge in [-0.25, -0.2) is 8.42 Å². The molecule has 0 bridgehead atoms. The summed E-state index contributed by atoms with van der Waals surface area (Å²) in [4.78, 5) is 34.0. The number of carbonyl (C=O) groups excluding carboxylic acids is 2. The first kappa shape index (κ1) is 28.8. The number of sulfonamides is 1. The fourth-order valence-corrected chi connectivity index (χ4v) is 7.44. The van der Waals surface area contributed by atoms with Gasteiger partial charge in [0.2, 0.25) is 15.9 Å². The summed E-state index contributed by atoms with van der Waals surface area (Å²) in [6, 6.07) is 2.76. The molecule has 0 spiro atoms. The van der Waals surface area contributed by atoms with Gasteiger partial charge in [0.15, 0.2) is 6.61 Å². The van der Waals surface area contributed by atoms with E-state index in [0.29, 0.717) is 42.8 Å². The van der Waals surface area contributed by atoms with Gasteiger partial charge in [-0.05, 0) is 32.0 Å². The molecule has 0 aromatic heterocycles. The van der Waals surface area contributed by atoms with Crippen molar-refractivity contribution in [2.24, 2.45) is 0 Å². The lowest BCUT2D eigenvalue weighted by Crippen LogP contribution is -2.61. The second kappa shape index (κ2) is 12.5. The molecule has 1 atom stereocenters. The highest BCUT2D eigenvalue weighted by atomic mass is 35.5. The van der Waals surface area contributed by atoms with Crippen molar-refractivity contribution < 1.29 is 27.5 Å². The molecule has 0 aliphatic carbocycles. The highest BCUT2D eigenvalue weighted by molar-refractivity contribution is 7.89. The summed E-state index contributed by atoms with van der Waals surface area (Å²) in [5.41, 5.74) is 0.398. The van der Waals surface area contributed by atoms with E-state index >= 15 is 0 Å². The minimum atomic E-state index is -3.50. The van der Waals surface area contributed by atoms with Gasteiger partial charge >= 0.3 is 0 Å². The summed E-state index contributed by atoms with van der Waals surface area (Å²) in [6.07, 6.45) is 2.18. The van der Waals surface area contributed by atoms with Crippen molar-refractivity contribution in [3.8, 4) is 5.75 Å². The number of piperazine rings is 1. The number of amides is 2. The monoisotopic (exact) mass is 603 g/mol. The summed E-state index contributed by atoms with van der Waals surface area (Å²) in [5, 5.41) is 0.557. The van der Waals surface area contributed by atoms with Gasteiger partial charge in [0.1, 0.15) is 12.3 Å². The Hall–Kier alpha value is -1.67. The first-order valence-electron chi connectivity index (χ1n) is 13.4. The molecule has 39 heavy (non-hydrogen) atoms. The fraction of sp³-hybridized carbons (Fsp3) is 0.680. The number of anilines is 1. The van der Waals surface area contributed by atoms with Gasteiger partial charge in [0.25, 0.3) is 5.91 Å². The van der Waals surface area contributed by atoms with E-state index in [2.05, 4.69) is 9.80 Å². The molecular formula is C25H35Cl2N5O6S. The Morgan fingerprint density at radius 3 is 2.44 bits per heavy atom.